The van der Waals surface area contributed by atoms with Crippen molar-refractivity contribution in [2.45, 2.75) is 25.9 Å². The Morgan fingerprint density at radius 1 is 1.45 bits per heavy atom. The number of nitrogens with one attached hydrogen (secondary N) is 2. The normalized spacial score (nSPS) is 15.7. The van der Waals surface area contributed by atoms with E-state index in [4.69, 9.17) is 0 Å². The predicted octanol–water partition coefficient (Wildman–Crippen LogP) is 0.449. The lowest BCUT2D eigenvalue weighted by Gasteiger charge is -2.15. The lowest BCUT2D eigenvalue weighted by Crippen LogP contribution is -2.30. The van der Waals surface area contributed by atoms with Crippen LogP contribution in [0.15, 0.2) is 18.5 Å². The molecule has 116 valence electrons. The minimum absolute atomic E-state index is 0.0286. The molecule has 0 bridgehead atoms. The molecule has 0 unspecified atom stereocenters. The van der Waals surface area contributed by atoms with Gasteiger partial charge in [0.25, 0.3) is 5.91 Å². The number of fused-ring (bicyclic) bond motifs is 1. The van der Waals surface area contributed by atoms with Crippen molar-refractivity contribution in [3.05, 3.63) is 41.5 Å². The highest BCUT2D eigenvalue weighted by Gasteiger charge is 2.21. The quantitative estimate of drug-likeness (QED) is 0.860. The molecule has 0 fully saturated rings. The number of carbonyl (C=O) groups is 1. The Balaban J connectivity index is 1.78. The van der Waals surface area contributed by atoms with Crippen molar-refractivity contribution >= 4 is 5.91 Å². The molecule has 0 saturated carbocycles. The number of halogens is 1. The van der Waals surface area contributed by atoms with E-state index in [1.54, 1.807) is 0 Å². The van der Waals surface area contributed by atoms with E-state index in [-0.39, 0.29) is 11.6 Å². The number of hydrogen-bond donors (Lipinski definition) is 2. The molecule has 3 heterocycles. The third-order valence-electron chi connectivity index (χ3n) is 3.65. The van der Waals surface area contributed by atoms with Gasteiger partial charge < -0.3 is 15.2 Å². The molecular formula is C14H17FN6O. The Hall–Kier alpha value is -2.35. The lowest BCUT2D eigenvalue weighted by atomic mass is 10.2. The predicted molar refractivity (Wildman–Crippen MR) is 76.7 cm³/mol. The first-order valence-electron chi connectivity index (χ1n) is 7.20. The number of pyridine rings is 1. The van der Waals surface area contributed by atoms with E-state index in [9.17, 15) is 9.18 Å². The monoisotopic (exact) mass is 304 g/mol. The van der Waals surface area contributed by atoms with Crippen LogP contribution in [0.4, 0.5) is 4.39 Å². The molecule has 2 aromatic heterocycles. The number of carbonyl (C=O) groups excluding carboxylic acids is 1. The van der Waals surface area contributed by atoms with Gasteiger partial charge in [-0.05, 0) is 13.0 Å². The van der Waals surface area contributed by atoms with E-state index in [0.29, 0.717) is 5.82 Å². The van der Waals surface area contributed by atoms with Crippen LogP contribution < -0.4 is 10.6 Å². The zero-order valence-electron chi connectivity index (χ0n) is 12.2. The van der Waals surface area contributed by atoms with E-state index < -0.39 is 11.7 Å². The minimum Gasteiger partial charge on any atom is -0.342 e. The van der Waals surface area contributed by atoms with Crippen LogP contribution >= 0.6 is 0 Å². The van der Waals surface area contributed by atoms with Crippen LogP contribution in [0.25, 0.3) is 0 Å². The zero-order chi connectivity index (χ0) is 15.5. The first-order chi connectivity index (χ1) is 10.7. The summed E-state index contributed by atoms with van der Waals surface area (Å²) in [7, 11) is 0. The molecule has 2 aromatic rings. The maximum atomic E-state index is 13.6. The molecule has 0 saturated heterocycles. The maximum absolute atomic E-state index is 13.6. The van der Waals surface area contributed by atoms with Crippen molar-refractivity contribution < 1.29 is 9.18 Å². The molecule has 1 aliphatic rings. The highest BCUT2D eigenvalue weighted by atomic mass is 19.1. The summed E-state index contributed by atoms with van der Waals surface area (Å²) < 4.78 is 15.6. The second-order valence-corrected chi connectivity index (χ2v) is 5.18. The summed E-state index contributed by atoms with van der Waals surface area (Å²) in [5.41, 5.74) is -0.0286. The van der Waals surface area contributed by atoms with Crippen LogP contribution in [0.5, 0.6) is 0 Å². The van der Waals surface area contributed by atoms with Crippen LogP contribution in [-0.4, -0.2) is 38.7 Å². The third-order valence-corrected chi connectivity index (χ3v) is 3.65. The molecule has 3 rings (SSSR count). The van der Waals surface area contributed by atoms with Crippen molar-refractivity contribution in [1.82, 2.24) is 30.4 Å². The topological polar surface area (TPSA) is 84.7 Å². The van der Waals surface area contributed by atoms with Crippen molar-refractivity contribution in [2.24, 2.45) is 0 Å². The number of rotatable bonds is 3. The van der Waals surface area contributed by atoms with Gasteiger partial charge in [-0.3, -0.25) is 9.78 Å². The van der Waals surface area contributed by atoms with Crippen LogP contribution in [-0.2, 0) is 13.0 Å². The Labute approximate surface area is 127 Å². The number of hydrogen-bond acceptors (Lipinski definition) is 5. The van der Waals surface area contributed by atoms with Gasteiger partial charge in [0.2, 0.25) is 0 Å². The first-order valence-corrected chi connectivity index (χ1v) is 7.20. The Bertz CT molecular complexity index is 686. The van der Waals surface area contributed by atoms with E-state index in [1.807, 2.05) is 11.5 Å². The largest absolute Gasteiger partial charge is 0.342 e. The number of amides is 1. The Kier molecular flexibility index (Phi) is 4.10. The molecule has 0 aliphatic carbocycles. The fraction of sp³-hybridized carbons (Fsp3) is 0.429. The first kappa shape index (κ1) is 14.6. The Morgan fingerprint density at radius 2 is 2.32 bits per heavy atom. The summed E-state index contributed by atoms with van der Waals surface area (Å²) in [6.45, 7) is 4.26. The molecular weight excluding hydrogens is 287 g/mol. The second kappa shape index (κ2) is 6.18. The SMILES string of the molecule is C[C@@H](NC(=O)c1ccncc1F)c1nnc2n1CCNCC2. The zero-order valence-corrected chi connectivity index (χ0v) is 12.2. The van der Waals surface area contributed by atoms with Gasteiger partial charge in [-0.15, -0.1) is 10.2 Å². The van der Waals surface area contributed by atoms with Crippen LogP contribution in [0, 0.1) is 5.82 Å². The summed E-state index contributed by atoms with van der Waals surface area (Å²) in [5.74, 6) is 0.450. The highest BCUT2D eigenvalue weighted by Crippen LogP contribution is 2.15. The van der Waals surface area contributed by atoms with Crippen LogP contribution in [0.1, 0.15) is 35.0 Å². The van der Waals surface area contributed by atoms with E-state index >= 15 is 0 Å². The smallest absolute Gasteiger partial charge is 0.254 e. The van der Waals surface area contributed by atoms with Crippen LogP contribution in [0.2, 0.25) is 0 Å². The van der Waals surface area contributed by atoms with E-state index in [0.717, 1.165) is 38.1 Å². The van der Waals surface area contributed by atoms with Gasteiger partial charge >= 0.3 is 0 Å². The van der Waals surface area contributed by atoms with Crippen molar-refractivity contribution in [1.29, 1.82) is 0 Å². The molecule has 0 spiro atoms. The Morgan fingerprint density at radius 3 is 3.14 bits per heavy atom. The van der Waals surface area contributed by atoms with Gasteiger partial charge in [0.1, 0.15) is 5.82 Å². The van der Waals surface area contributed by atoms with Gasteiger partial charge in [0.15, 0.2) is 11.6 Å². The fourth-order valence-electron chi connectivity index (χ4n) is 2.51. The van der Waals surface area contributed by atoms with Crippen molar-refractivity contribution in [3.63, 3.8) is 0 Å². The van der Waals surface area contributed by atoms with E-state index in [2.05, 4.69) is 25.8 Å². The molecule has 2 N–H and O–H groups in total. The standard InChI is InChI=1S/C14H17FN6O/c1-9(18-14(22)10-2-4-17-8-11(10)15)13-20-19-12-3-5-16-6-7-21(12)13/h2,4,8-9,16H,3,5-7H2,1H3,(H,18,22)/t9-/m1/s1. The van der Waals surface area contributed by atoms with Crippen molar-refractivity contribution in [2.75, 3.05) is 13.1 Å². The third kappa shape index (κ3) is 2.82. The number of aromatic nitrogens is 4. The van der Waals surface area contributed by atoms with Gasteiger partial charge in [-0.25, -0.2) is 4.39 Å². The summed E-state index contributed by atoms with van der Waals surface area (Å²) in [6, 6.07) is 0.991. The highest BCUT2D eigenvalue weighted by molar-refractivity contribution is 5.94. The molecule has 22 heavy (non-hydrogen) atoms. The minimum atomic E-state index is -0.642. The fourth-order valence-corrected chi connectivity index (χ4v) is 2.51. The average molecular weight is 304 g/mol. The van der Waals surface area contributed by atoms with Gasteiger partial charge in [-0.1, -0.05) is 0 Å². The van der Waals surface area contributed by atoms with E-state index in [1.165, 1.54) is 12.3 Å². The molecule has 0 radical (unpaired) electrons. The van der Waals surface area contributed by atoms with Gasteiger partial charge in [0, 0.05) is 32.3 Å². The molecule has 1 amide bonds. The van der Waals surface area contributed by atoms with Gasteiger partial charge in [0.05, 0.1) is 17.8 Å². The molecule has 0 aromatic carbocycles. The molecule has 1 aliphatic heterocycles. The summed E-state index contributed by atoms with van der Waals surface area (Å²) in [4.78, 5) is 15.8. The molecule has 8 heteroatoms. The summed E-state index contributed by atoms with van der Waals surface area (Å²) in [5, 5.41) is 14.4. The molecule has 7 nitrogen and oxygen atoms in total. The van der Waals surface area contributed by atoms with Gasteiger partial charge in [-0.2, -0.15) is 0 Å². The van der Waals surface area contributed by atoms with Crippen LogP contribution in [0.3, 0.4) is 0 Å². The average Bonchev–Trinajstić information content (AvgIpc) is 2.77. The second-order valence-electron chi connectivity index (χ2n) is 5.18. The summed E-state index contributed by atoms with van der Waals surface area (Å²) in [6.07, 6.45) is 3.21. The lowest BCUT2D eigenvalue weighted by molar-refractivity contribution is 0.0933. The number of nitrogens with zero attached hydrogens (tertiary/aromatic N) is 4. The van der Waals surface area contributed by atoms with Crippen molar-refractivity contribution in [3.8, 4) is 0 Å². The summed E-state index contributed by atoms with van der Waals surface area (Å²) >= 11 is 0. The maximum Gasteiger partial charge on any atom is 0.254 e. The molecule has 1 atom stereocenters.